The molecule has 0 aromatic carbocycles. The second-order valence-corrected chi connectivity index (χ2v) is 3.43. The second-order valence-electron chi connectivity index (χ2n) is 3.43. The van der Waals surface area contributed by atoms with Gasteiger partial charge in [-0.3, -0.25) is 4.79 Å². The number of carbonyl (C=O) groups is 1. The first kappa shape index (κ1) is 13.0. The zero-order valence-corrected chi connectivity index (χ0v) is 9.10. The summed E-state index contributed by atoms with van der Waals surface area (Å²) in [6.07, 6.45) is 7.91. The number of hydrogen-bond acceptors (Lipinski definition) is 2. The summed E-state index contributed by atoms with van der Waals surface area (Å²) in [5, 5.41) is 2.80. The van der Waals surface area contributed by atoms with Crippen LogP contribution in [0.1, 0.15) is 39.5 Å². The van der Waals surface area contributed by atoms with Crippen LogP contribution in [-0.2, 0) is 4.79 Å². The lowest BCUT2D eigenvalue weighted by Crippen LogP contribution is -2.53. The van der Waals surface area contributed by atoms with E-state index >= 15 is 0 Å². The molecule has 0 atom stereocenters. The predicted molar refractivity (Wildman–Crippen MR) is 58.6 cm³/mol. The summed E-state index contributed by atoms with van der Waals surface area (Å²) in [4.78, 5) is 11.6. The molecule has 80 valence electrons. The molecule has 0 aromatic rings. The van der Waals surface area contributed by atoms with E-state index in [1.807, 2.05) is 13.8 Å². The van der Waals surface area contributed by atoms with Crippen LogP contribution in [0.2, 0.25) is 0 Å². The Hall–Kier alpha value is -1.01. The maximum Gasteiger partial charge on any atom is 0.240 e. The number of unbranched alkanes of at least 4 members (excludes halogenated alkanes) is 1. The number of nitrogens with two attached hydrogens (primary N) is 1. The largest absolute Gasteiger partial charge is 0.354 e. The molecule has 0 heterocycles. The van der Waals surface area contributed by atoms with Crippen LogP contribution in [0.25, 0.3) is 0 Å². The van der Waals surface area contributed by atoms with Crippen molar-refractivity contribution in [1.82, 2.24) is 5.32 Å². The average molecular weight is 196 g/mol. The minimum absolute atomic E-state index is 0.0699. The Kier molecular flexibility index (Phi) is 5.98. The topological polar surface area (TPSA) is 55.1 Å². The van der Waals surface area contributed by atoms with E-state index in [2.05, 4.69) is 11.2 Å². The molecule has 0 saturated heterocycles. The molecule has 0 bridgehead atoms. The minimum atomic E-state index is -0.712. The fourth-order valence-corrected chi connectivity index (χ4v) is 1.14. The first-order valence-electron chi connectivity index (χ1n) is 5.11. The van der Waals surface area contributed by atoms with Crippen LogP contribution in [0.4, 0.5) is 0 Å². The molecule has 0 unspecified atom stereocenters. The van der Waals surface area contributed by atoms with Gasteiger partial charge < -0.3 is 11.1 Å². The fraction of sp³-hybridized carbons (Fsp3) is 0.727. The first-order valence-corrected chi connectivity index (χ1v) is 5.11. The molecule has 0 rings (SSSR count). The third kappa shape index (κ3) is 3.80. The van der Waals surface area contributed by atoms with Crippen molar-refractivity contribution in [1.29, 1.82) is 0 Å². The molecule has 14 heavy (non-hydrogen) atoms. The smallest absolute Gasteiger partial charge is 0.240 e. The Bertz CT molecular complexity index is 214. The van der Waals surface area contributed by atoms with E-state index in [4.69, 9.17) is 12.2 Å². The van der Waals surface area contributed by atoms with Crippen LogP contribution < -0.4 is 11.1 Å². The average Bonchev–Trinajstić information content (AvgIpc) is 2.22. The molecule has 3 nitrogen and oxygen atoms in total. The number of hydrogen-bond donors (Lipinski definition) is 2. The van der Waals surface area contributed by atoms with Crippen LogP contribution in [-0.4, -0.2) is 18.0 Å². The summed E-state index contributed by atoms with van der Waals surface area (Å²) in [5.41, 5.74) is 5.19. The highest BCUT2D eigenvalue weighted by atomic mass is 16.2. The maximum absolute atomic E-state index is 11.6. The van der Waals surface area contributed by atoms with E-state index in [-0.39, 0.29) is 5.91 Å². The molecule has 0 spiro atoms. The van der Waals surface area contributed by atoms with Gasteiger partial charge in [-0.1, -0.05) is 13.8 Å². The molecule has 0 aliphatic rings. The van der Waals surface area contributed by atoms with Gasteiger partial charge in [-0.05, 0) is 19.3 Å². The van der Waals surface area contributed by atoms with Crippen molar-refractivity contribution in [3.63, 3.8) is 0 Å². The monoisotopic (exact) mass is 196 g/mol. The fourth-order valence-electron chi connectivity index (χ4n) is 1.14. The van der Waals surface area contributed by atoms with Crippen molar-refractivity contribution >= 4 is 5.91 Å². The molecule has 0 radical (unpaired) electrons. The van der Waals surface area contributed by atoms with E-state index in [1.54, 1.807) is 0 Å². The summed E-state index contributed by atoms with van der Waals surface area (Å²) < 4.78 is 0. The third-order valence-corrected chi connectivity index (χ3v) is 2.50. The molecular formula is C11H20N2O. The van der Waals surface area contributed by atoms with Gasteiger partial charge in [0.1, 0.15) is 0 Å². The zero-order valence-electron chi connectivity index (χ0n) is 9.10. The second kappa shape index (κ2) is 6.44. The van der Waals surface area contributed by atoms with Crippen LogP contribution in [0.3, 0.4) is 0 Å². The molecule has 0 saturated carbocycles. The Morgan fingerprint density at radius 1 is 1.50 bits per heavy atom. The van der Waals surface area contributed by atoms with Crippen molar-refractivity contribution < 1.29 is 4.79 Å². The molecule has 3 heteroatoms. The Balaban J connectivity index is 3.89. The highest BCUT2D eigenvalue weighted by Crippen LogP contribution is 2.10. The van der Waals surface area contributed by atoms with Gasteiger partial charge in [0.2, 0.25) is 5.91 Å². The van der Waals surface area contributed by atoms with Crippen molar-refractivity contribution in [3.05, 3.63) is 0 Å². The lowest BCUT2D eigenvalue weighted by Gasteiger charge is -2.25. The van der Waals surface area contributed by atoms with Crippen LogP contribution in [0.5, 0.6) is 0 Å². The molecule has 1 amide bonds. The number of amides is 1. The summed E-state index contributed by atoms with van der Waals surface area (Å²) in [7, 11) is 0. The van der Waals surface area contributed by atoms with Crippen molar-refractivity contribution in [2.45, 2.75) is 45.1 Å². The van der Waals surface area contributed by atoms with Crippen LogP contribution >= 0.6 is 0 Å². The zero-order chi connectivity index (χ0) is 11.0. The van der Waals surface area contributed by atoms with Crippen molar-refractivity contribution in [3.8, 4) is 12.3 Å². The van der Waals surface area contributed by atoms with E-state index in [9.17, 15) is 4.79 Å². The van der Waals surface area contributed by atoms with Gasteiger partial charge in [-0.25, -0.2) is 0 Å². The van der Waals surface area contributed by atoms with Gasteiger partial charge >= 0.3 is 0 Å². The molecule has 0 aliphatic carbocycles. The predicted octanol–water partition coefficient (Wildman–Crippen LogP) is 1.03. The van der Waals surface area contributed by atoms with Gasteiger partial charge in [0, 0.05) is 13.0 Å². The number of terminal acetylenes is 1. The molecule has 0 aromatic heterocycles. The lowest BCUT2D eigenvalue weighted by atomic mass is 9.93. The Morgan fingerprint density at radius 3 is 2.50 bits per heavy atom. The highest BCUT2D eigenvalue weighted by Gasteiger charge is 2.29. The number of carbonyl (C=O) groups excluding carboxylic acids is 1. The summed E-state index contributed by atoms with van der Waals surface area (Å²) in [6.45, 7) is 4.46. The first-order chi connectivity index (χ1) is 6.60. The van der Waals surface area contributed by atoms with E-state index in [0.29, 0.717) is 25.8 Å². The molecule has 3 N–H and O–H groups in total. The summed E-state index contributed by atoms with van der Waals surface area (Å²) in [6, 6.07) is 0. The number of nitrogens with one attached hydrogen (secondary N) is 1. The van der Waals surface area contributed by atoms with Gasteiger partial charge in [0.05, 0.1) is 5.54 Å². The van der Waals surface area contributed by atoms with Gasteiger partial charge in [0.25, 0.3) is 0 Å². The van der Waals surface area contributed by atoms with Gasteiger partial charge in [0.15, 0.2) is 0 Å². The van der Waals surface area contributed by atoms with Gasteiger partial charge in [-0.15, -0.1) is 12.3 Å². The maximum atomic E-state index is 11.6. The lowest BCUT2D eigenvalue weighted by molar-refractivity contribution is -0.126. The SMILES string of the molecule is C#CCCCNC(=O)C(N)(CC)CC. The number of rotatable bonds is 6. The summed E-state index contributed by atoms with van der Waals surface area (Å²) >= 11 is 0. The third-order valence-electron chi connectivity index (χ3n) is 2.50. The van der Waals surface area contributed by atoms with Crippen LogP contribution in [0, 0.1) is 12.3 Å². The Morgan fingerprint density at radius 2 is 2.07 bits per heavy atom. The normalized spacial score (nSPS) is 10.7. The van der Waals surface area contributed by atoms with E-state index in [1.165, 1.54) is 0 Å². The highest BCUT2D eigenvalue weighted by molar-refractivity contribution is 5.85. The Labute approximate surface area is 86.4 Å². The van der Waals surface area contributed by atoms with E-state index < -0.39 is 5.54 Å². The standard InChI is InChI=1S/C11H20N2O/c1-4-7-8-9-13-10(14)11(12,5-2)6-3/h1H,5-9,12H2,2-3H3,(H,13,14). The molecular weight excluding hydrogens is 176 g/mol. The van der Waals surface area contributed by atoms with E-state index in [0.717, 1.165) is 6.42 Å². The van der Waals surface area contributed by atoms with Crippen molar-refractivity contribution in [2.75, 3.05) is 6.54 Å². The molecule has 0 aliphatic heterocycles. The quantitative estimate of drug-likeness (QED) is 0.492. The van der Waals surface area contributed by atoms with Gasteiger partial charge in [-0.2, -0.15) is 0 Å². The minimum Gasteiger partial charge on any atom is -0.354 e. The summed E-state index contributed by atoms with van der Waals surface area (Å²) in [5.74, 6) is 2.46. The molecule has 0 fully saturated rings. The van der Waals surface area contributed by atoms with Crippen molar-refractivity contribution in [2.24, 2.45) is 5.73 Å². The van der Waals surface area contributed by atoms with Crippen LogP contribution in [0.15, 0.2) is 0 Å².